The van der Waals surface area contributed by atoms with Gasteiger partial charge in [0.1, 0.15) is 5.75 Å². The van der Waals surface area contributed by atoms with E-state index in [1.54, 1.807) is 30.3 Å². The Balaban J connectivity index is 1.95. The average molecular weight is 383 g/mol. The number of piperidine rings is 1. The van der Waals surface area contributed by atoms with Crippen LogP contribution in [-0.2, 0) is 9.59 Å². The van der Waals surface area contributed by atoms with Gasteiger partial charge in [-0.2, -0.15) is 18.4 Å². The van der Waals surface area contributed by atoms with Crippen LogP contribution in [0, 0.1) is 23.2 Å². The molecule has 9 heteroatoms. The third-order valence-corrected chi connectivity index (χ3v) is 4.41. The van der Waals surface area contributed by atoms with E-state index in [2.05, 4.69) is 5.32 Å². The van der Waals surface area contributed by atoms with E-state index in [1.165, 1.54) is 12.0 Å². The van der Waals surface area contributed by atoms with Crippen molar-refractivity contribution in [2.75, 3.05) is 32.1 Å². The molecule has 27 heavy (non-hydrogen) atoms. The van der Waals surface area contributed by atoms with Gasteiger partial charge in [-0.3, -0.25) is 14.5 Å². The van der Waals surface area contributed by atoms with E-state index >= 15 is 0 Å². The molecule has 0 aliphatic carbocycles. The smallest absolute Gasteiger partial charge is 0.401 e. The molecule has 1 aliphatic rings. The number of anilines is 1. The Labute approximate surface area is 154 Å². The minimum absolute atomic E-state index is 0.103. The van der Waals surface area contributed by atoms with E-state index < -0.39 is 36.2 Å². The molecule has 1 heterocycles. The van der Waals surface area contributed by atoms with Crippen molar-refractivity contribution in [3.63, 3.8) is 0 Å². The summed E-state index contributed by atoms with van der Waals surface area (Å²) in [6.07, 6.45) is -3.90. The van der Waals surface area contributed by atoms with Gasteiger partial charge in [-0.25, -0.2) is 0 Å². The number of likely N-dealkylation sites (tertiary alicyclic amines) is 1. The summed E-state index contributed by atoms with van der Waals surface area (Å²) in [7, 11) is 1.47. The number of nitriles is 1. The molecule has 1 saturated heterocycles. The average Bonchev–Trinajstić information content (AvgIpc) is 2.61. The summed E-state index contributed by atoms with van der Waals surface area (Å²) in [5.41, 5.74) is 0.382. The topological polar surface area (TPSA) is 82.4 Å². The number of amides is 1. The van der Waals surface area contributed by atoms with Crippen LogP contribution in [0.4, 0.5) is 18.9 Å². The van der Waals surface area contributed by atoms with E-state index in [0.717, 1.165) is 0 Å². The van der Waals surface area contributed by atoms with E-state index in [4.69, 9.17) is 4.74 Å². The summed E-state index contributed by atoms with van der Waals surface area (Å²) in [5, 5.41) is 11.8. The van der Waals surface area contributed by atoms with E-state index in [9.17, 15) is 28.0 Å². The van der Waals surface area contributed by atoms with Crippen LogP contribution in [0.25, 0.3) is 0 Å². The molecule has 1 aromatic carbocycles. The maximum absolute atomic E-state index is 12.5. The fourth-order valence-electron chi connectivity index (χ4n) is 3.03. The zero-order chi connectivity index (χ0) is 20.0. The number of benzene rings is 1. The van der Waals surface area contributed by atoms with Gasteiger partial charge in [0, 0.05) is 17.7 Å². The number of alkyl halides is 3. The lowest BCUT2D eigenvalue weighted by molar-refractivity contribution is -0.149. The lowest BCUT2D eigenvalue weighted by Gasteiger charge is -2.32. The molecule has 2 rings (SSSR count). The lowest BCUT2D eigenvalue weighted by atomic mass is 9.86. The van der Waals surface area contributed by atoms with E-state index in [0.29, 0.717) is 11.4 Å². The number of ether oxygens (including phenoxy) is 1. The molecule has 1 amide bonds. The van der Waals surface area contributed by atoms with Crippen molar-refractivity contribution in [1.29, 1.82) is 5.26 Å². The predicted octanol–water partition coefficient (Wildman–Crippen LogP) is 2.62. The molecule has 0 spiro atoms. The molecule has 1 atom stereocenters. The van der Waals surface area contributed by atoms with Crippen molar-refractivity contribution < 1.29 is 27.5 Å². The number of methoxy groups -OCH3 is 1. The standard InChI is InChI=1S/C18H20F3N3O3/c1-27-14-4-2-3-13(9-14)23-17(26)15(10-22)16(25)12-5-7-24(8-6-12)11-18(19,20)21/h2-4,9,12,15H,5-8,11H2,1H3,(H,23,26). The van der Waals surface area contributed by atoms with Crippen molar-refractivity contribution in [3.05, 3.63) is 24.3 Å². The number of Topliss-reactive ketones (excluding diaryl/α,β-unsaturated/α-hetero) is 1. The summed E-state index contributed by atoms with van der Waals surface area (Å²) < 4.78 is 42.3. The summed E-state index contributed by atoms with van der Waals surface area (Å²) in [5.74, 6) is -2.91. The Hall–Kier alpha value is -2.60. The first-order valence-electron chi connectivity index (χ1n) is 8.41. The summed E-state index contributed by atoms with van der Waals surface area (Å²) in [6, 6.07) is 8.18. The normalized spacial score (nSPS) is 17.0. The molecule has 6 nitrogen and oxygen atoms in total. The largest absolute Gasteiger partial charge is 0.497 e. The number of nitrogens with zero attached hydrogens (tertiary/aromatic N) is 2. The van der Waals surface area contributed by atoms with E-state index in [1.807, 2.05) is 0 Å². The highest BCUT2D eigenvalue weighted by molar-refractivity contribution is 6.10. The molecular formula is C18H20F3N3O3. The van der Waals surface area contributed by atoms with Crippen LogP contribution in [0.2, 0.25) is 0 Å². The summed E-state index contributed by atoms with van der Waals surface area (Å²) in [6.45, 7) is -0.816. The number of hydrogen-bond donors (Lipinski definition) is 1. The molecule has 0 saturated carbocycles. The zero-order valence-corrected chi connectivity index (χ0v) is 14.8. The van der Waals surface area contributed by atoms with Crippen molar-refractivity contribution >= 4 is 17.4 Å². The second-order valence-electron chi connectivity index (χ2n) is 6.35. The van der Waals surface area contributed by atoms with Crippen LogP contribution in [0.5, 0.6) is 5.75 Å². The number of carbonyl (C=O) groups is 2. The monoisotopic (exact) mass is 383 g/mol. The number of rotatable bonds is 6. The molecule has 0 radical (unpaired) electrons. The van der Waals surface area contributed by atoms with Crippen LogP contribution < -0.4 is 10.1 Å². The number of carbonyl (C=O) groups excluding carboxylic acids is 2. The Morgan fingerprint density at radius 1 is 1.37 bits per heavy atom. The quantitative estimate of drug-likeness (QED) is 0.764. The van der Waals surface area contributed by atoms with Crippen LogP contribution in [0.15, 0.2) is 24.3 Å². The van der Waals surface area contributed by atoms with Crippen LogP contribution in [0.1, 0.15) is 12.8 Å². The molecule has 1 fully saturated rings. The fraction of sp³-hybridized carbons (Fsp3) is 0.500. The van der Waals surface area contributed by atoms with Gasteiger partial charge >= 0.3 is 6.18 Å². The SMILES string of the molecule is COc1cccc(NC(=O)C(C#N)C(=O)C2CCN(CC(F)(F)F)CC2)c1. The van der Waals surface area contributed by atoms with Crippen molar-refractivity contribution in [2.24, 2.45) is 11.8 Å². The highest BCUT2D eigenvalue weighted by Gasteiger charge is 2.37. The van der Waals surface area contributed by atoms with E-state index in [-0.39, 0.29) is 25.9 Å². The predicted molar refractivity (Wildman–Crippen MR) is 91.0 cm³/mol. The summed E-state index contributed by atoms with van der Waals surface area (Å²) >= 11 is 0. The second-order valence-corrected chi connectivity index (χ2v) is 6.35. The number of halogens is 3. The van der Waals surface area contributed by atoms with Gasteiger partial charge in [0.2, 0.25) is 5.91 Å². The van der Waals surface area contributed by atoms with Gasteiger partial charge in [0.05, 0.1) is 19.7 Å². The van der Waals surface area contributed by atoms with Gasteiger partial charge in [0.25, 0.3) is 0 Å². The molecule has 1 aliphatic heterocycles. The molecule has 1 N–H and O–H groups in total. The van der Waals surface area contributed by atoms with Gasteiger partial charge in [-0.05, 0) is 38.1 Å². The lowest BCUT2D eigenvalue weighted by Crippen LogP contribution is -2.43. The van der Waals surface area contributed by atoms with Crippen molar-refractivity contribution in [3.8, 4) is 11.8 Å². The Bertz CT molecular complexity index is 723. The highest BCUT2D eigenvalue weighted by atomic mass is 19.4. The zero-order valence-electron chi connectivity index (χ0n) is 14.8. The maximum Gasteiger partial charge on any atom is 0.401 e. The number of ketones is 1. The maximum atomic E-state index is 12.5. The molecule has 146 valence electrons. The summed E-state index contributed by atoms with van der Waals surface area (Å²) in [4.78, 5) is 26.1. The minimum Gasteiger partial charge on any atom is -0.497 e. The number of nitrogens with one attached hydrogen (secondary N) is 1. The molecule has 0 bridgehead atoms. The third-order valence-electron chi connectivity index (χ3n) is 4.41. The first-order chi connectivity index (χ1) is 12.7. The Morgan fingerprint density at radius 3 is 2.59 bits per heavy atom. The fourth-order valence-corrected chi connectivity index (χ4v) is 3.03. The highest BCUT2D eigenvalue weighted by Crippen LogP contribution is 2.25. The van der Waals surface area contributed by atoms with Gasteiger partial charge in [-0.1, -0.05) is 6.07 Å². The van der Waals surface area contributed by atoms with Crippen molar-refractivity contribution in [2.45, 2.75) is 19.0 Å². The first-order valence-corrected chi connectivity index (χ1v) is 8.41. The molecule has 0 aromatic heterocycles. The second kappa shape index (κ2) is 8.86. The minimum atomic E-state index is -4.29. The number of hydrogen-bond acceptors (Lipinski definition) is 5. The molecular weight excluding hydrogens is 363 g/mol. The van der Waals surface area contributed by atoms with Crippen LogP contribution in [0.3, 0.4) is 0 Å². The Kier molecular flexibility index (Phi) is 6.80. The first kappa shape index (κ1) is 20.7. The van der Waals surface area contributed by atoms with Crippen LogP contribution in [-0.4, -0.2) is 49.5 Å². The van der Waals surface area contributed by atoms with Gasteiger partial charge in [-0.15, -0.1) is 0 Å². The molecule has 1 unspecified atom stereocenters. The Morgan fingerprint density at radius 2 is 2.04 bits per heavy atom. The van der Waals surface area contributed by atoms with Gasteiger partial charge < -0.3 is 10.1 Å². The molecule has 1 aromatic rings. The third kappa shape index (κ3) is 5.96. The van der Waals surface area contributed by atoms with Gasteiger partial charge in [0.15, 0.2) is 11.7 Å². The van der Waals surface area contributed by atoms with Crippen molar-refractivity contribution in [1.82, 2.24) is 4.90 Å². The van der Waals surface area contributed by atoms with Crippen LogP contribution >= 0.6 is 0 Å².